The van der Waals surface area contributed by atoms with Gasteiger partial charge >= 0.3 is 0 Å². The molecule has 0 spiro atoms. The molecule has 1 aromatic heterocycles. The average Bonchev–Trinajstić information content (AvgIpc) is 3.18. The van der Waals surface area contributed by atoms with Gasteiger partial charge in [-0.1, -0.05) is 47.6 Å². The number of hydrogen-bond donors (Lipinski definition) is 2. The van der Waals surface area contributed by atoms with Crippen LogP contribution < -0.4 is 11.1 Å². The lowest BCUT2D eigenvalue weighted by Crippen LogP contribution is -2.28. The van der Waals surface area contributed by atoms with Gasteiger partial charge < -0.3 is 15.2 Å². The zero-order valence-electron chi connectivity index (χ0n) is 16.9. The van der Waals surface area contributed by atoms with E-state index >= 15 is 0 Å². The number of guanidine groups is 1. The van der Waals surface area contributed by atoms with Crippen LogP contribution in [0.3, 0.4) is 0 Å². The average molecular weight is 409 g/mol. The third-order valence-corrected chi connectivity index (χ3v) is 4.50. The second kappa shape index (κ2) is 9.69. The Morgan fingerprint density at radius 2 is 1.90 bits per heavy atom. The van der Waals surface area contributed by atoms with E-state index < -0.39 is 0 Å². The molecular weight excluding hydrogens is 385 g/mol. The van der Waals surface area contributed by atoms with E-state index in [4.69, 9.17) is 10.3 Å². The summed E-state index contributed by atoms with van der Waals surface area (Å²) in [6.07, 6.45) is 1.42. The Bertz CT molecular complexity index is 1030. The first-order chi connectivity index (χ1) is 14.4. The van der Waals surface area contributed by atoms with Crippen LogP contribution >= 0.6 is 0 Å². The van der Waals surface area contributed by atoms with Crippen molar-refractivity contribution < 1.29 is 13.7 Å². The van der Waals surface area contributed by atoms with E-state index in [1.54, 1.807) is 32.3 Å². The lowest BCUT2D eigenvalue weighted by Gasteiger charge is -2.07. The van der Waals surface area contributed by atoms with Gasteiger partial charge in [0.05, 0.1) is 5.69 Å². The number of likely N-dealkylation sites (N-methyl/N-ethyl adjacent to an activating group) is 1. The molecule has 8 heteroatoms. The summed E-state index contributed by atoms with van der Waals surface area (Å²) in [7, 11) is 3.30. The van der Waals surface area contributed by atoms with Crippen molar-refractivity contribution in [3.63, 3.8) is 0 Å². The molecule has 1 heterocycles. The third-order valence-electron chi connectivity index (χ3n) is 4.50. The van der Waals surface area contributed by atoms with Crippen molar-refractivity contribution >= 4 is 17.8 Å². The summed E-state index contributed by atoms with van der Waals surface area (Å²) in [4.78, 5) is 16.9. The summed E-state index contributed by atoms with van der Waals surface area (Å²) in [5.41, 5.74) is 9.05. The Balaban J connectivity index is 1.53. The number of anilines is 1. The molecule has 0 fully saturated rings. The number of benzene rings is 2. The van der Waals surface area contributed by atoms with E-state index in [-0.39, 0.29) is 24.2 Å². The van der Waals surface area contributed by atoms with E-state index in [0.29, 0.717) is 17.9 Å². The number of aromatic nitrogens is 1. The molecule has 3 N–H and O–H groups in total. The molecule has 3 rings (SSSR count). The zero-order valence-corrected chi connectivity index (χ0v) is 16.9. The number of nitrogens with one attached hydrogen (secondary N) is 1. The minimum atomic E-state index is -0.234. The first-order valence-corrected chi connectivity index (χ1v) is 9.49. The Kier molecular flexibility index (Phi) is 6.79. The highest BCUT2D eigenvalue weighted by atomic mass is 19.1. The van der Waals surface area contributed by atoms with Gasteiger partial charge in [-0.15, -0.1) is 0 Å². The van der Waals surface area contributed by atoms with Crippen LogP contribution in [-0.4, -0.2) is 42.6 Å². The summed E-state index contributed by atoms with van der Waals surface area (Å²) in [5, 5.41) is 6.79. The molecule has 7 nitrogen and oxygen atoms in total. The summed E-state index contributed by atoms with van der Waals surface area (Å²) in [6, 6.07) is 16.2. The van der Waals surface area contributed by atoms with Gasteiger partial charge in [0.1, 0.15) is 12.4 Å². The molecular formula is C22H24FN5O2. The van der Waals surface area contributed by atoms with Gasteiger partial charge in [0.2, 0.25) is 11.8 Å². The van der Waals surface area contributed by atoms with Crippen molar-refractivity contribution in [3.05, 3.63) is 71.7 Å². The van der Waals surface area contributed by atoms with Crippen molar-refractivity contribution in [2.75, 3.05) is 26.0 Å². The van der Waals surface area contributed by atoms with Crippen molar-refractivity contribution in [3.8, 4) is 11.1 Å². The van der Waals surface area contributed by atoms with E-state index in [0.717, 1.165) is 23.2 Å². The lowest BCUT2D eigenvalue weighted by atomic mass is 10.0. The Morgan fingerprint density at radius 1 is 1.17 bits per heavy atom. The monoisotopic (exact) mass is 409 g/mol. The number of carbonyl (C=O) groups is 1. The normalized spacial score (nSPS) is 11.4. The van der Waals surface area contributed by atoms with E-state index in [2.05, 4.69) is 15.5 Å². The molecule has 0 saturated carbocycles. The van der Waals surface area contributed by atoms with Gasteiger partial charge in [0.15, 0.2) is 5.96 Å². The van der Waals surface area contributed by atoms with Crippen LogP contribution in [0.2, 0.25) is 0 Å². The van der Waals surface area contributed by atoms with Crippen LogP contribution in [0.5, 0.6) is 0 Å². The maximum Gasteiger partial charge on any atom is 0.243 e. The van der Waals surface area contributed by atoms with Crippen LogP contribution in [0.4, 0.5) is 10.3 Å². The summed E-state index contributed by atoms with van der Waals surface area (Å²) in [6.45, 7) is -0.0459. The number of aliphatic imine (C=N–C) groups is 1. The highest BCUT2D eigenvalue weighted by Crippen LogP contribution is 2.23. The molecule has 1 amide bonds. The third kappa shape index (κ3) is 5.66. The number of rotatable bonds is 7. The van der Waals surface area contributed by atoms with Crippen LogP contribution in [-0.2, 0) is 17.6 Å². The van der Waals surface area contributed by atoms with Crippen LogP contribution in [0.1, 0.15) is 11.3 Å². The van der Waals surface area contributed by atoms with Gasteiger partial charge in [0.25, 0.3) is 0 Å². The minimum absolute atomic E-state index is 0.0459. The van der Waals surface area contributed by atoms with E-state index in [9.17, 15) is 9.18 Å². The predicted molar refractivity (Wildman–Crippen MR) is 115 cm³/mol. The van der Waals surface area contributed by atoms with Crippen molar-refractivity contribution in [1.29, 1.82) is 0 Å². The van der Waals surface area contributed by atoms with Gasteiger partial charge in [-0.2, -0.15) is 0 Å². The highest BCUT2D eigenvalue weighted by molar-refractivity contribution is 5.92. The Labute approximate surface area is 174 Å². The molecule has 0 bridgehead atoms. The first kappa shape index (κ1) is 21.0. The fraction of sp³-hybridized carbons (Fsp3) is 0.227. The zero-order chi connectivity index (χ0) is 21.5. The maximum atomic E-state index is 13.9. The van der Waals surface area contributed by atoms with Gasteiger partial charge in [-0.3, -0.25) is 10.1 Å². The maximum absolute atomic E-state index is 13.9. The number of carbonyl (C=O) groups excluding carboxylic acids is 1. The Hall–Kier alpha value is -3.68. The van der Waals surface area contributed by atoms with Crippen LogP contribution in [0.15, 0.2) is 64.1 Å². The molecule has 0 aliphatic rings. The van der Waals surface area contributed by atoms with Gasteiger partial charge in [0, 0.05) is 25.7 Å². The molecule has 0 atom stereocenters. The van der Waals surface area contributed by atoms with Gasteiger partial charge in [-0.25, -0.2) is 9.38 Å². The van der Waals surface area contributed by atoms with Crippen molar-refractivity contribution in [1.82, 2.24) is 10.1 Å². The summed E-state index contributed by atoms with van der Waals surface area (Å²) >= 11 is 0. The molecule has 0 saturated heterocycles. The van der Waals surface area contributed by atoms with Crippen LogP contribution in [0, 0.1) is 5.82 Å². The van der Waals surface area contributed by atoms with Crippen molar-refractivity contribution in [2.24, 2.45) is 10.7 Å². The quantitative estimate of drug-likeness (QED) is 0.462. The molecule has 0 unspecified atom stereocenters. The van der Waals surface area contributed by atoms with E-state index in [1.807, 2.05) is 30.3 Å². The van der Waals surface area contributed by atoms with Gasteiger partial charge in [-0.05, 0) is 30.0 Å². The number of amides is 1. The molecule has 0 aliphatic heterocycles. The number of halogens is 1. The fourth-order valence-corrected chi connectivity index (χ4v) is 2.77. The van der Waals surface area contributed by atoms with Crippen molar-refractivity contribution in [2.45, 2.75) is 12.8 Å². The molecule has 2 aromatic carbocycles. The number of nitrogens with two attached hydrogens (primary N) is 1. The number of aryl methyl sites for hydroxylation is 2. The van der Waals surface area contributed by atoms with Crippen LogP contribution in [0.25, 0.3) is 11.1 Å². The fourth-order valence-electron chi connectivity index (χ4n) is 2.77. The molecule has 0 aliphatic carbocycles. The SMILES string of the molecule is CN(C)C(=O)CN=C(N)Nc1cc(CCc2ccc(-c3ccccc3F)cc2)no1. The first-order valence-electron chi connectivity index (χ1n) is 9.49. The minimum Gasteiger partial charge on any atom is -0.370 e. The molecule has 30 heavy (non-hydrogen) atoms. The molecule has 0 radical (unpaired) electrons. The second-order valence-electron chi connectivity index (χ2n) is 6.97. The number of hydrogen-bond acceptors (Lipinski definition) is 4. The number of nitrogens with zero attached hydrogens (tertiary/aromatic N) is 3. The largest absolute Gasteiger partial charge is 0.370 e. The van der Waals surface area contributed by atoms with E-state index in [1.165, 1.54) is 11.0 Å². The summed E-state index contributed by atoms with van der Waals surface area (Å²) in [5.74, 6) is 0.0517. The molecule has 156 valence electrons. The lowest BCUT2D eigenvalue weighted by molar-refractivity contribution is -0.127. The Morgan fingerprint density at radius 3 is 2.60 bits per heavy atom. The highest BCUT2D eigenvalue weighted by Gasteiger charge is 2.08. The standard InChI is InChI=1S/C22H24FN5O2/c1-28(2)21(29)14-25-22(24)26-20-13-17(27-30-20)12-9-15-7-10-16(11-8-15)18-5-3-4-6-19(18)23/h3-8,10-11,13H,9,12,14H2,1-2H3,(H3,24,25,26). The summed E-state index contributed by atoms with van der Waals surface area (Å²) < 4.78 is 19.1. The predicted octanol–water partition coefficient (Wildman–Crippen LogP) is 3.08. The smallest absolute Gasteiger partial charge is 0.243 e. The molecule has 3 aromatic rings. The second-order valence-corrected chi connectivity index (χ2v) is 6.97. The topological polar surface area (TPSA) is 96.8 Å².